The highest BCUT2D eigenvalue weighted by Gasteiger charge is 2.53. The summed E-state index contributed by atoms with van der Waals surface area (Å²) in [6, 6.07) is 1.48. The Hall–Kier alpha value is -1.29. The highest BCUT2D eigenvalue weighted by Crippen LogP contribution is 2.61. The summed E-state index contributed by atoms with van der Waals surface area (Å²) in [5, 5.41) is 8.63. The number of hydrogen-bond donors (Lipinski definition) is 2. The summed E-state index contributed by atoms with van der Waals surface area (Å²) in [5.74, 6) is 1.53. The summed E-state index contributed by atoms with van der Waals surface area (Å²) in [6.45, 7) is 5.47. The van der Waals surface area contributed by atoms with Crippen molar-refractivity contribution in [2.45, 2.75) is 39.7 Å². The maximum atomic E-state index is 11.4. The quantitative estimate of drug-likeness (QED) is 0.885. The first-order valence-corrected chi connectivity index (χ1v) is 7.93. The molecule has 1 amide bonds. The van der Waals surface area contributed by atoms with Gasteiger partial charge in [0.2, 0.25) is 0 Å². The highest BCUT2D eigenvalue weighted by atomic mass is 35.5. The average molecular weight is 308 g/mol. The van der Waals surface area contributed by atoms with Gasteiger partial charge in [0.05, 0.1) is 10.6 Å². The van der Waals surface area contributed by atoms with Crippen LogP contribution in [0.2, 0.25) is 5.02 Å². The van der Waals surface area contributed by atoms with Crippen molar-refractivity contribution in [1.29, 1.82) is 5.41 Å². The van der Waals surface area contributed by atoms with Crippen LogP contribution in [0.1, 0.15) is 43.5 Å². The normalized spacial score (nSPS) is 29.8. The standard InChI is InChI=1S/C16H22ClN3O/c1-16(2)10-4-3-9(13(16)5-10)7-20-8-11(17)6-12(14(20)18)15(19)21/h6,8-10,13,18H,3-5,7H2,1-2H3,(H2,19,21)/t9-,10-,13+/m0/s1. The molecule has 3 saturated carbocycles. The predicted molar refractivity (Wildman–Crippen MR) is 81.9 cm³/mol. The van der Waals surface area contributed by atoms with Crippen LogP contribution in [0.4, 0.5) is 0 Å². The van der Waals surface area contributed by atoms with Crippen LogP contribution < -0.4 is 11.2 Å². The molecule has 2 bridgehead atoms. The highest BCUT2D eigenvalue weighted by molar-refractivity contribution is 6.30. The number of primary amides is 1. The number of nitrogens with one attached hydrogen (secondary N) is 1. The third-order valence-electron chi connectivity index (χ3n) is 5.80. The zero-order chi connectivity index (χ0) is 15.4. The van der Waals surface area contributed by atoms with Crippen molar-refractivity contribution in [3.8, 4) is 0 Å². The van der Waals surface area contributed by atoms with Gasteiger partial charge in [-0.05, 0) is 48.5 Å². The lowest BCUT2D eigenvalue weighted by atomic mass is 9.45. The fourth-order valence-corrected chi connectivity index (χ4v) is 4.60. The summed E-state index contributed by atoms with van der Waals surface area (Å²) in [6.07, 6.45) is 5.51. The molecule has 3 fully saturated rings. The Morgan fingerprint density at radius 3 is 2.81 bits per heavy atom. The van der Waals surface area contributed by atoms with Crippen molar-refractivity contribution in [3.63, 3.8) is 0 Å². The second-order valence-electron chi connectivity index (χ2n) is 7.14. The number of pyridine rings is 1. The molecule has 0 spiro atoms. The lowest BCUT2D eigenvalue weighted by Crippen LogP contribution is -2.53. The van der Waals surface area contributed by atoms with Gasteiger partial charge in [0.1, 0.15) is 5.49 Å². The largest absolute Gasteiger partial charge is 0.365 e. The molecule has 1 aromatic heterocycles. The van der Waals surface area contributed by atoms with E-state index in [4.69, 9.17) is 22.7 Å². The van der Waals surface area contributed by atoms with E-state index in [-0.39, 0.29) is 11.1 Å². The Morgan fingerprint density at radius 1 is 1.52 bits per heavy atom. The number of carbonyl (C=O) groups excluding carboxylic acids is 1. The number of nitrogens with two attached hydrogens (primary N) is 1. The van der Waals surface area contributed by atoms with Crippen molar-refractivity contribution < 1.29 is 4.79 Å². The molecule has 3 N–H and O–H groups in total. The molecule has 4 nitrogen and oxygen atoms in total. The van der Waals surface area contributed by atoms with Gasteiger partial charge in [0.15, 0.2) is 0 Å². The maximum Gasteiger partial charge on any atom is 0.252 e. The van der Waals surface area contributed by atoms with Crippen molar-refractivity contribution in [3.05, 3.63) is 28.3 Å². The van der Waals surface area contributed by atoms with Gasteiger partial charge < -0.3 is 10.3 Å². The molecule has 1 aromatic rings. The van der Waals surface area contributed by atoms with E-state index in [1.165, 1.54) is 25.3 Å². The first-order chi connectivity index (χ1) is 9.80. The Balaban J connectivity index is 1.89. The van der Waals surface area contributed by atoms with Gasteiger partial charge in [0, 0.05) is 12.7 Å². The fraction of sp³-hybridized carbons (Fsp3) is 0.625. The molecule has 0 radical (unpaired) electrons. The second kappa shape index (κ2) is 4.87. The molecule has 3 aliphatic carbocycles. The van der Waals surface area contributed by atoms with Gasteiger partial charge in [-0.3, -0.25) is 10.2 Å². The topological polar surface area (TPSA) is 71.9 Å². The number of carbonyl (C=O) groups is 1. The van der Waals surface area contributed by atoms with Gasteiger partial charge in [-0.15, -0.1) is 0 Å². The second-order valence-corrected chi connectivity index (χ2v) is 7.57. The minimum Gasteiger partial charge on any atom is -0.365 e. The van der Waals surface area contributed by atoms with Crippen LogP contribution in [-0.2, 0) is 6.54 Å². The maximum absolute atomic E-state index is 11.4. The number of fused-ring (bicyclic) bond motifs is 2. The number of halogens is 1. The van der Waals surface area contributed by atoms with E-state index in [2.05, 4.69) is 13.8 Å². The number of aromatic nitrogens is 1. The smallest absolute Gasteiger partial charge is 0.252 e. The average Bonchev–Trinajstić information content (AvgIpc) is 2.42. The molecule has 3 atom stereocenters. The van der Waals surface area contributed by atoms with Crippen LogP contribution in [0.15, 0.2) is 12.3 Å². The van der Waals surface area contributed by atoms with E-state index in [1.54, 1.807) is 10.8 Å². The number of hydrogen-bond acceptors (Lipinski definition) is 2. The molecule has 5 heteroatoms. The molecule has 3 aliphatic rings. The zero-order valence-electron chi connectivity index (χ0n) is 12.5. The molecule has 0 saturated heterocycles. The fourth-order valence-electron chi connectivity index (χ4n) is 4.38. The monoisotopic (exact) mass is 307 g/mol. The molecule has 0 unspecified atom stereocenters. The van der Waals surface area contributed by atoms with Crippen LogP contribution in [0.25, 0.3) is 0 Å². The summed E-state index contributed by atoms with van der Waals surface area (Å²) in [7, 11) is 0. The molecule has 0 aliphatic heterocycles. The molecular formula is C16H22ClN3O. The predicted octanol–water partition coefficient (Wildman–Crippen LogP) is 2.79. The molecule has 114 valence electrons. The van der Waals surface area contributed by atoms with E-state index in [1.807, 2.05) is 0 Å². The van der Waals surface area contributed by atoms with Crippen molar-refractivity contribution in [2.24, 2.45) is 28.9 Å². The summed E-state index contributed by atoms with van der Waals surface area (Å²) in [4.78, 5) is 11.4. The Bertz CT molecular complexity index is 647. The molecule has 4 rings (SSSR count). The van der Waals surface area contributed by atoms with Crippen molar-refractivity contribution in [1.82, 2.24) is 4.57 Å². The van der Waals surface area contributed by atoms with Crippen LogP contribution in [0.5, 0.6) is 0 Å². The van der Waals surface area contributed by atoms with Gasteiger partial charge in [0.25, 0.3) is 5.91 Å². The molecular weight excluding hydrogens is 286 g/mol. The Labute approximate surface area is 129 Å². The molecule has 21 heavy (non-hydrogen) atoms. The van der Waals surface area contributed by atoms with Crippen molar-refractivity contribution >= 4 is 17.5 Å². The third-order valence-corrected chi connectivity index (χ3v) is 6.01. The van der Waals surface area contributed by atoms with Gasteiger partial charge in [-0.25, -0.2) is 0 Å². The first kappa shape index (κ1) is 14.6. The van der Waals surface area contributed by atoms with Crippen LogP contribution in [0.3, 0.4) is 0 Å². The van der Waals surface area contributed by atoms with Gasteiger partial charge in [-0.1, -0.05) is 25.4 Å². The number of amides is 1. The van der Waals surface area contributed by atoms with E-state index in [0.29, 0.717) is 22.3 Å². The minimum absolute atomic E-state index is 0.172. The Kier molecular flexibility index (Phi) is 3.40. The van der Waals surface area contributed by atoms with Crippen LogP contribution >= 0.6 is 11.6 Å². The van der Waals surface area contributed by atoms with Gasteiger partial charge in [-0.2, -0.15) is 0 Å². The van der Waals surface area contributed by atoms with Crippen LogP contribution in [-0.4, -0.2) is 10.5 Å². The van der Waals surface area contributed by atoms with Crippen molar-refractivity contribution in [2.75, 3.05) is 0 Å². The minimum atomic E-state index is -0.594. The van der Waals surface area contributed by atoms with E-state index in [0.717, 1.165) is 12.5 Å². The zero-order valence-corrected chi connectivity index (χ0v) is 13.3. The lowest BCUT2D eigenvalue weighted by molar-refractivity contribution is -0.109. The first-order valence-electron chi connectivity index (χ1n) is 7.55. The molecule has 0 aromatic carbocycles. The lowest BCUT2D eigenvalue weighted by Gasteiger charge is -2.60. The SMILES string of the molecule is CC1(C)[C@H]2CC[C@@H](Cn3cc(Cl)cc(C(N)=O)c3=N)[C@H]1C2. The summed E-state index contributed by atoms with van der Waals surface area (Å²) < 4.78 is 1.79. The van der Waals surface area contributed by atoms with E-state index >= 15 is 0 Å². The Morgan fingerprint density at radius 2 is 2.24 bits per heavy atom. The molecule has 1 heterocycles. The summed E-state index contributed by atoms with van der Waals surface area (Å²) in [5.41, 5.74) is 6.12. The van der Waals surface area contributed by atoms with Gasteiger partial charge >= 0.3 is 0 Å². The number of nitrogens with zero attached hydrogens (tertiary/aromatic N) is 1. The third kappa shape index (κ3) is 2.30. The van der Waals surface area contributed by atoms with Crippen LogP contribution in [0, 0.1) is 28.6 Å². The summed E-state index contributed by atoms with van der Waals surface area (Å²) >= 11 is 6.07. The number of rotatable bonds is 3. The van der Waals surface area contributed by atoms with E-state index in [9.17, 15) is 4.79 Å². The van der Waals surface area contributed by atoms with E-state index < -0.39 is 5.91 Å².